The predicted molar refractivity (Wildman–Crippen MR) is 81.5 cm³/mol. The van der Waals surface area contributed by atoms with Crippen LogP contribution < -0.4 is 4.72 Å². The third-order valence-electron chi connectivity index (χ3n) is 3.27. The van der Waals surface area contributed by atoms with E-state index < -0.39 is 10.0 Å². The van der Waals surface area contributed by atoms with Gasteiger partial charge in [-0.3, -0.25) is 9.71 Å². The van der Waals surface area contributed by atoms with Gasteiger partial charge in [0, 0.05) is 6.20 Å². The summed E-state index contributed by atoms with van der Waals surface area (Å²) >= 11 is 0. The van der Waals surface area contributed by atoms with Gasteiger partial charge >= 0.3 is 0 Å². The van der Waals surface area contributed by atoms with E-state index in [1.54, 1.807) is 24.4 Å². The molecule has 6 heteroatoms. The smallest absolute Gasteiger partial charge is 0.262 e. The Bertz CT molecular complexity index is 742. The summed E-state index contributed by atoms with van der Waals surface area (Å²) in [6.07, 6.45) is 3.68. The van der Waals surface area contributed by atoms with Crippen LogP contribution in [-0.4, -0.2) is 18.5 Å². The molecule has 0 atom stereocenters. The Balaban J connectivity index is 2.46. The van der Waals surface area contributed by atoms with E-state index in [0.29, 0.717) is 23.2 Å². The highest BCUT2D eigenvalue weighted by Crippen LogP contribution is 2.23. The number of aliphatic hydroxyl groups excluding tert-OH is 1. The van der Waals surface area contributed by atoms with Crippen molar-refractivity contribution in [1.29, 1.82) is 0 Å². The molecule has 0 saturated carbocycles. The van der Waals surface area contributed by atoms with Gasteiger partial charge < -0.3 is 5.11 Å². The van der Waals surface area contributed by atoms with Gasteiger partial charge in [-0.25, -0.2) is 8.42 Å². The molecule has 1 aromatic heterocycles. The van der Waals surface area contributed by atoms with Gasteiger partial charge in [-0.15, -0.1) is 0 Å². The molecule has 0 aliphatic heterocycles. The zero-order valence-electron chi connectivity index (χ0n) is 12.0. The molecule has 21 heavy (non-hydrogen) atoms. The van der Waals surface area contributed by atoms with Crippen LogP contribution >= 0.6 is 0 Å². The van der Waals surface area contributed by atoms with Crippen molar-refractivity contribution in [2.45, 2.75) is 31.8 Å². The topological polar surface area (TPSA) is 79.3 Å². The van der Waals surface area contributed by atoms with Crippen molar-refractivity contribution in [3.05, 3.63) is 53.3 Å². The predicted octanol–water partition coefficient (Wildman–Crippen LogP) is 2.25. The highest BCUT2D eigenvalue weighted by atomic mass is 32.2. The molecule has 1 heterocycles. The van der Waals surface area contributed by atoms with E-state index in [4.69, 9.17) is 0 Å². The largest absolute Gasteiger partial charge is 0.392 e. The van der Waals surface area contributed by atoms with Crippen LogP contribution in [-0.2, 0) is 23.1 Å². The van der Waals surface area contributed by atoms with Crippen molar-refractivity contribution >= 4 is 15.7 Å². The Kier molecular flexibility index (Phi) is 4.59. The monoisotopic (exact) mass is 306 g/mol. The summed E-state index contributed by atoms with van der Waals surface area (Å²) in [6.45, 7) is 3.51. The third kappa shape index (κ3) is 3.40. The van der Waals surface area contributed by atoms with Crippen LogP contribution in [0.1, 0.15) is 23.6 Å². The molecule has 0 amide bonds. The van der Waals surface area contributed by atoms with Gasteiger partial charge in [0.05, 0.1) is 23.4 Å². The molecule has 0 saturated heterocycles. The van der Waals surface area contributed by atoms with Gasteiger partial charge in [0.25, 0.3) is 10.0 Å². The van der Waals surface area contributed by atoms with Crippen molar-refractivity contribution < 1.29 is 13.5 Å². The van der Waals surface area contributed by atoms with Gasteiger partial charge in [-0.2, -0.15) is 0 Å². The highest BCUT2D eigenvalue weighted by Gasteiger charge is 2.19. The summed E-state index contributed by atoms with van der Waals surface area (Å²) in [5, 5.41) is 9.20. The van der Waals surface area contributed by atoms with Gasteiger partial charge in [0.15, 0.2) is 0 Å². The Morgan fingerprint density at radius 3 is 2.67 bits per heavy atom. The molecule has 5 nitrogen and oxygen atoms in total. The summed E-state index contributed by atoms with van der Waals surface area (Å²) < 4.78 is 27.7. The van der Waals surface area contributed by atoms with E-state index in [1.165, 1.54) is 12.3 Å². The molecule has 112 valence electrons. The molecule has 0 unspecified atom stereocenters. The second-order valence-corrected chi connectivity index (χ2v) is 6.40. The number of rotatable bonds is 5. The number of hydrogen-bond donors (Lipinski definition) is 2. The molecule has 1 aromatic carbocycles. The lowest BCUT2D eigenvalue weighted by atomic mass is 10.1. The lowest BCUT2D eigenvalue weighted by Gasteiger charge is -2.13. The minimum atomic E-state index is -3.71. The van der Waals surface area contributed by atoms with Crippen LogP contribution in [0, 0.1) is 6.92 Å². The number of aryl methyl sites for hydroxylation is 2. The first-order valence-electron chi connectivity index (χ1n) is 6.64. The van der Waals surface area contributed by atoms with E-state index in [2.05, 4.69) is 9.71 Å². The zero-order valence-corrected chi connectivity index (χ0v) is 12.8. The molecule has 2 rings (SSSR count). The number of nitrogens with zero attached hydrogens (tertiary/aromatic N) is 1. The molecule has 0 spiro atoms. The number of pyridine rings is 1. The van der Waals surface area contributed by atoms with Crippen LogP contribution in [0.3, 0.4) is 0 Å². The van der Waals surface area contributed by atoms with E-state index in [1.807, 2.05) is 13.8 Å². The van der Waals surface area contributed by atoms with Crippen molar-refractivity contribution in [3.8, 4) is 0 Å². The highest BCUT2D eigenvalue weighted by molar-refractivity contribution is 7.92. The molecular formula is C15H18N2O3S. The maximum absolute atomic E-state index is 12.6. The summed E-state index contributed by atoms with van der Waals surface area (Å²) in [5.74, 6) is 0. The Labute approximate surface area is 124 Å². The maximum Gasteiger partial charge on any atom is 0.262 e. The van der Waals surface area contributed by atoms with Crippen molar-refractivity contribution in [2.24, 2.45) is 0 Å². The molecule has 0 radical (unpaired) electrons. The fourth-order valence-corrected chi connectivity index (χ4v) is 3.49. The number of anilines is 1. The Morgan fingerprint density at radius 2 is 2.05 bits per heavy atom. The first kappa shape index (κ1) is 15.5. The van der Waals surface area contributed by atoms with Crippen LogP contribution in [0.25, 0.3) is 0 Å². The Morgan fingerprint density at radius 1 is 1.29 bits per heavy atom. The van der Waals surface area contributed by atoms with E-state index in [0.717, 1.165) is 5.56 Å². The number of aromatic nitrogens is 1. The van der Waals surface area contributed by atoms with E-state index >= 15 is 0 Å². The normalized spacial score (nSPS) is 11.4. The van der Waals surface area contributed by atoms with E-state index in [9.17, 15) is 13.5 Å². The number of aliphatic hydroxyl groups is 1. The minimum absolute atomic E-state index is 0.194. The van der Waals surface area contributed by atoms with E-state index in [-0.39, 0.29) is 11.5 Å². The number of sulfonamides is 1. The van der Waals surface area contributed by atoms with Crippen molar-refractivity contribution in [2.75, 3.05) is 4.72 Å². The van der Waals surface area contributed by atoms with Crippen molar-refractivity contribution in [3.63, 3.8) is 0 Å². The summed E-state index contributed by atoms with van der Waals surface area (Å²) in [4.78, 5) is 4.13. The van der Waals surface area contributed by atoms with Gasteiger partial charge in [-0.1, -0.05) is 19.1 Å². The van der Waals surface area contributed by atoms with Crippen LogP contribution in [0.5, 0.6) is 0 Å². The first-order chi connectivity index (χ1) is 9.97. The summed E-state index contributed by atoms with van der Waals surface area (Å²) in [6, 6.07) is 6.71. The zero-order chi connectivity index (χ0) is 15.5. The van der Waals surface area contributed by atoms with Gasteiger partial charge in [-0.05, 0) is 42.2 Å². The molecule has 0 bridgehead atoms. The molecule has 0 fully saturated rings. The number of benzene rings is 1. The van der Waals surface area contributed by atoms with Crippen LogP contribution in [0.2, 0.25) is 0 Å². The molecular weight excluding hydrogens is 288 g/mol. The number of nitrogens with one attached hydrogen (secondary N) is 1. The fraction of sp³-hybridized carbons (Fsp3) is 0.267. The lowest BCUT2D eigenvalue weighted by molar-refractivity contribution is 0.281. The SMILES string of the molecule is CCc1ccc(CO)cc1S(=O)(=O)Nc1cnccc1C. The Hall–Kier alpha value is -1.92. The fourth-order valence-electron chi connectivity index (χ4n) is 2.01. The molecule has 0 aliphatic carbocycles. The standard InChI is InChI=1S/C15H18N2O3S/c1-3-13-5-4-12(10-18)8-15(13)21(19,20)17-14-9-16-7-6-11(14)2/h4-9,17-18H,3,10H2,1-2H3. The quantitative estimate of drug-likeness (QED) is 0.888. The first-order valence-corrected chi connectivity index (χ1v) is 8.12. The third-order valence-corrected chi connectivity index (χ3v) is 4.72. The van der Waals surface area contributed by atoms with Gasteiger partial charge in [0.1, 0.15) is 0 Å². The molecule has 2 aromatic rings. The van der Waals surface area contributed by atoms with Gasteiger partial charge in [0.2, 0.25) is 0 Å². The average molecular weight is 306 g/mol. The average Bonchev–Trinajstić information content (AvgIpc) is 2.48. The minimum Gasteiger partial charge on any atom is -0.392 e. The molecule has 0 aliphatic rings. The lowest BCUT2D eigenvalue weighted by Crippen LogP contribution is -2.16. The second kappa shape index (κ2) is 6.24. The summed E-state index contributed by atoms with van der Waals surface area (Å²) in [7, 11) is -3.71. The van der Waals surface area contributed by atoms with Crippen molar-refractivity contribution in [1.82, 2.24) is 4.98 Å². The van der Waals surface area contributed by atoms with Crippen LogP contribution in [0.4, 0.5) is 5.69 Å². The second-order valence-electron chi connectivity index (χ2n) is 4.75. The van der Waals surface area contributed by atoms with Crippen LogP contribution in [0.15, 0.2) is 41.6 Å². The maximum atomic E-state index is 12.6. The number of hydrogen-bond acceptors (Lipinski definition) is 4. The summed E-state index contributed by atoms with van der Waals surface area (Å²) in [5.41, 5.74) is 2.52. The molecule has 2 N–H and O–H groups in total.